The number of benzene rings is 2. The summed E-state index contributed by atoms with van der Waals surface area (Å²) in [7, 11) is 1.60. The maximum atomic E-state index is 12.4. The summed E-state index contributed by atoms with van der Waals surface area (Å²) < 4.78 is 10.4. The van der Waals surface area contributed by atoms with Crippen molar-refractivity contribution in [2.45, 2.75) is 6.92 Å². The highest BCUT2D eigenvalue weighted by molar-refractivity contribution is 5.83. The number of hydrogen-bond donors (Lipinski definition) is 1. The number of rotatable bonds is 3. The maximum Gasteiger partial charge on any atom is 0.259 e. The highest BCUT2D eigenvalue weighted by Crippen LogP contribution is 2.24. The monoisotopic (exact) mass is 333 g/mol. The molecule has 0 amide bonds. The molecule has 0 saturated carbocycles. The number of methoxy groups -OCH3 is 1. The van der Waals surface area contributed by atoms with Crippen LogP contribution in [-0.2, 0) is 0 Å². The van der Waals surface area contributed by atoms with Gasteiger partial charge in [-0.3, -0.25) is 4.79 Å². The summed E-state index contributed by atoms with van der Waals surface area (Å²) in [6.07, 6.45) is 0. The van der Waals surface area contributed by atoms with Crippen molar-refractivity contribution in [2.75, 3.05) is 7.11 Å². The van der Waals surface area contributed by atoms with Crippen molar-refractivity contribution in [1.82, 2.24) is 15.1 Å². The predicted octanol–water partition coefficient (Wildman–Crippen LogP) is 3.56. The van der Waals surface area contributed by atoms with Crippen LogP contribution >= 0.6 is 0 Å². The number of nitrogens with zero attached hydrogens (tertiary/aromatic N) is 2. The van der Waals surface area contributed by atoms with Crippen molar-refractivity contribution in [3.05, 3.63) is 64.4 Å². The molecule has 0 aliphatic heterocycles. The van der Waals surface area contributed by atoms with E-state index in [4.69, 9.17) is 9.26 Å². The number of aromatic nitrogens is 3. The second-order valence-corrected chi connectivity index (χ2v) is 5.75. The fourth-order valence-electron chi connectivity index (χ4n) is 2.66. The van der Waals surface area contributed by atoms with Gasteiger partial charge in [-0.2, -0.15) is 4.98 Å². The van der Waals surface area contributed by atoms with E-state index in [2.05, 4.69) is 15.1 Å². The molecule has 1 N–H and O–H groups in total. The molecule has 0 unspecified atom stereocenters. The summed E-state index contributed by atoms with van der Waals surface area (Å²) >= 11 is 0. The van der Waals surface area contributed by atoms with Gasteiger partial charge >= 0.3 is 0 Å². The van der Waals surface area contributed by atoms with Crippen molar-refractivity contribution in [2.24, 2.45) is 0 Å². The van der Waals surface area contributed by atoms with E-state index in [1.165, 1.54) is 0 Å². The molecule has 25 heavy (non-hydrogen) atoms. The summed E-state index contributed by atoms with van der Waals surface area (Å²) in [5, 5.41) is 4.87. The van der Waals surface area contributed by atoms with Gasteiger partial charge in [0.25, 0.3) is 11.4 Å². The van der Waals surface area contributed by atoms with Crippen molar-refractivity contribution >= 4 is 10.9 Å². The Balaban J connectivity index is 1.76. The van der Waals surface area contributed by atoms with Gasteiger partial charge in [0.1, 0.15) is 5.75 Å². The standard InChI is InChI=1S/C19H15N3O3/c1-11-3-4-13-10-15(18(23)20-16(13)9-11)17-21-19(25-22-17)12-5-7-14(24-2)8-6-12/h3-10H,1-2H3,(H,20,23). The average Bonchev–Trinajstić information content (AvgIpc) is 3.11. The Morgan fingerprint density at radius 2 is 1.88 bits per heavy atom. The third-order valence-electron chi connectivity index (χ3n) is 4.01. The van der Waals surface area contributed by atoms with Crippen molar-refractivity contribution in [3.8, 4) is 28.6 Å². The zero-order chi connectivity index (χ0) is 17.4. The Morgan fingerprint density at radius 3 is 2.64 bits per heavy atom. The molecule has 6 heteroatoms. The zero-order valence-electron chi connectivity index (χ0n) is 13.7. The lowest BCUT2D eigenvalue weighted by Gasteiger charge is -2.01. The molecule has 0 saturated heterocycles. The number of fused-ring (bicyclic) bond motifs is 1. The minimum Gasteiger partial charge on any atom is -0.497 e. The van der Waals surface area contributed by atoms with E-state index in [1.54, 1.807) is 13.2 Å². The largest absolute Gasteiger partial charge is 0.497 e. The summed E-state index contributed by atoms with van der Waals surface area (Å²) in [6, 6.07) is 14.9. The Morgan fingerprint density at radius 1 is 1.08 bits per heavy atom. The van der Waals surface area contributed by atoms with Crippen LogP contribution in [0.4, 0.5) is 0 Å². The summed E-state index contributed by atoms with van der Waals surface area (Å²) in [6.45, 7) is 1.98. The first kappa shape index (κ1) is 15.1. The zero-order valence-corrected chi connectivity index (χ0v) is 13.7. The van der Waals surface area contributed by atoms with Gasteiger partial charge in [-0.25, -0.2) is 0 Å². The minimum atomic E-state index is -0.250. The van der Waals surface area contributed by atoms with Crippen LogP contribution in [0.15, 0.2) is 57.8 Å². The van der Waals surface area contributed by atoms with Gasteiger partial charge in [-0.05, 0) is 54.3 Å². The van der Waals surface area contributed by atoms with Gasteiger partial charge in [0.15, 0.2) is 0 Å². The van der Waals surface area contributed by atoms with Crippen LogP contribution in [-0.4, -0.2) is 22.2 Å². The first-order chi connectivity index (χ1) is 12.1. The lowest BCUT2D eigenvalue weighted by molar-refractivity contribution is 0.414. The number of aryl methyl sites for hydroxylation is 1. The van der Waals surface area contributed by atoms with E-state index in [0.717, 1.165) is 27.8 Å². The first-order valence-electron chi connectivity index (χ1n) is 7.76. The van der Waals surface area contributed by atoms with Crippen LogP contribution in [0.5, 0.6) is 5.75 Å². The Hall–Kier alpha value is -3.41. The van der Waals surface area contributed by atoms with Gasteiger partial charge in [0.05, 0.1) is 12.7 Å². The molecular formula is C19H15N3O3. The summed E-state index contributed by atoms with van der Waals surface area (Å²) in [4.78, 5) is 19.6. The van der Waals surface area contributed by atoms with Crippen molar-refractivity contribution < 1.29 is 9.26 Å². The minimum absolute atomic E-state index is 0.250. The van der Waals surface area contributed by atoms with Crippen molar-refractivity contribution in [1.29, 1.82) is 0 Å². The van der Waals surface area contributed by atoms with Gasteiger partial charge in [-0.15, -0.1) is 0 Å². The maximum absolute atomic E-state index is 12.4. The lowest BCUT2D eigenvalue weighted by atomic mass is 10.1. The fraction of sp³-hybridized carbons (Fsp3) is 0.105. The molecule has 0 atom stereocenters. The van der Waals surface area contributed by atoms with Crippen LogP contribution < -0.4 is 10.3 Å². The molecular weight excluding hydrogens is 318 g/mol. The third kappa shape index (κ3) is 2.78. The first-order valence-corrected chi connectivity index (χ1v) is 7.76. The van der Waals surface area contributed by atoms with E-state index in [-0.39, 0.29) is 11.4 Å². The Kier molecular flexibility index (Phi) is 3.57. The molecule has 2 aromatic carbocycles. The van der Waals surface area contributed by atoms with Crippen LogP contribution in [0.3, 0.4) is 0 Å². The molecule has 0 bridgehead atoms. The van der Waals surface area contributed by atoms with Gasteiger partial charge in [0, 0.05) is 11.1 Å². The van der Waals surface area contributed by atoms with E-state index in [0.29, 0.717) is 11.5 Å². The molecule has 0 radical (unpaired) electrons. The fourth-order valence-corrected chi connectivity index (χ4v) is 2.66. The average molecular weight is 333 g/mol. The van der Waals surface area contributed by atoms with E-state index < -0.39 is 0 Å². The highest BCUT2D eigenvalue weighted by atomic mass is 16.5. The molecule has 0 fully saturated rings. The lowest BCUT2D eigenvalue weighted by Crippen LogP contribution is -2.09. The topological polar surface area (TPSA) is 81.0 Å². The SMILES string of the molecule is COc1ccc(-c2nc(-c3cc4ccc(C)cc4[nH]c3=O)no2)cc1. The molecule has 2 heterocycles. The number of ether oxygens (including phenoxy) is 1. The molecule has 0 aliphatic carbocycles. The number of H-pyrrole nitrogens is 1. The molecule has 0 aliphatic rings. The smallest absolute Gasteiger partial charge is 0.259 e. The van der Waals surface area contributed by atoms with Crippen LogP contribution in [0.25, 0.3) is 33.7 Å². The van der Waals surface area contributed by atoms with Crippen molar-refractivity contribution in [3.63, 3.8) is 0 Å². The molecule has 0 spiro atoms. The second-order valence-electron chi connectivity index (χ2n) is 5.75. The number of hydrogen-bond acceptors (Lipinski definition) is 5. The third-order valence-corrected chi connectivity index (χ3v) is 4.01. The van der Waals surface area contributed by atoms with E-state index in [1.807, 2.05) is 49.4 Å². The Bertz CT molecular complexity index is 1110. The van der Waals surface area contributed by atoms with Gasteiger partial charge in [-0.1, -0.05) is 17.3 Å². The number of nitrogens with one attached hydrogen (secondary N) is 1. The van der Waals surface area contributed by atoms with Gasteiger partial charge < -0.3 is 14.2 Å². The van der Waals surface area contributed by atoms with Gasteiger partial charge in [0.2, 0.25) is 5.82 Å². The van der Waals surface area contributed by atoms with Crippen LogP contribution in [0.1, 0.15) is 5.56 Å². The second kappa shape index (κ2) is 5.90. The Labute approximate surface area is 143 Å². The molecule has 2 aromatic heterocycles. The number of aromatic amines is 1. The van der Waals surface area contributed by atoms with E-state index >= 15 is 0 Å². The highest BCUT2D eigenvalue weighted by Gasteiger charge is 2.14. The summed E-state index contributed by atoms with van der Waals surface area (Å²) in [5.74, 6) is 1.35. The predicted molar refractivity (Wildman–Crippen MR) is 94.6 cm³/mol. The quantitative estimate of drug-likeness (QED) is 0.620. The molecule has 4 rings (SSSR count). The van der Waals surface area contributed by atoms with E-state index in [9.17, 15) is 4.79 Å². The summed E-state index contributed by atoms with van der Waals surface area (Å²) in [5.41, 5.74) is 2.75. The molecule has 6 nitrogen and oxygen atoms in total. The molecule has 4 aromatic rings. The number of pyridine rings is 1. The normalized spacial score (nSPS) is 11.0. The van der Waals surface area contributed by atoms with Crippen LogP contribution in [0, 0.1) is 6.92 Å². The molecule has 124 valence electrons. The van der Waals surface area contributed by atoms with Crippen LogP contribution in [0.2, 0.25) is 0 Å².